The Morgan fingerprint density at radius 1 is 1.36 bits per heavy atom. The molecular formula is C18H30N4. The third-order valence-corrected chi connectivity index (χ3v) is 4.47. The molecular weight excluding hydrogens is 272 g/mol. The molecule has 1 fully saturated rings. The fourth-order valence-electron chi connectivity index (χ4n) is 2.96. The molecule has 1 aromatic rings. The number of guanidine groups is 1. The van der Waals surface area contributed by atoms with Gasteiger partial charge in [0.25, 0.3) is 0 Å². The number of benzene rings is 1. The summed E-state index contributed by atoms with van der Waals surface area (Å²) < 4.78 is 0. The largest absolute Gasteiger partial charge is 0.378 e. The Morgan fingerprint density at radius 2 is 2.09 bits per heavy atom. The summed E-state index contributed by atoms with van der Waals surface area (Å²) in [4.78, 5) is 8.95. The first-order chi connectivity index (χ1) is 10.3. The van der Waals surface area contributed by atoms with E-state index in [0.29, 0.717) is 5.41 Å². The minimum atomic E-state index is 0.390. The van der Waals surface area contributed by atoms with Crippen LogP contribution >= 0.6 is 0 Å². The van der Waals surface area contributed by atoms with Gasteiger partial charge in [0.1, 0.15) is 0 Å². The van der Waals surface area contributed by atoms with E-state index in [-0.39, 0.29) is 0 Å². The summed E-state index contributed by atoms with van der Waals surface area (Å²) in [6.45, 7) is 9.81. The number of aliphatic imine (C=N–C) groups is 1. The van der Waals surface area contributed by atoms with E-state index < -0.39 is 0 Å². The van der Waals surface area contributed by atoms with E-state index in [1.54, 1.807) is 0 Å². The lowest BCUT2D eigenvalue weighted by Crippen LogP contribution is -2.40. The summed E-state index contributed by atoms with van der Waals surface area (Å²) >= 11 is 0. The monoisotopic (exact) mass is 302 g/mol. The minimum Gasteiger partial charge on any atom is -0.378 e. The number of rotatable bonds is 3. The standard InChI is InChI=1S/C18H30N4/c1-14-11-16(21(5)6)8-7-15(14)12-20-17(19-4)22-10-9-18(2,3)13-22/h7-8,11H,9-10,12-13H2,1-6H3,(H,19,20). The van der Waals surface area contributed by atoms with E-state index in [2.05, 4.69) is 73.2 Å². The SMILES string of the molecule is CN=C(NCc1ccc(N(C)C)cc1C)N1CCC(C)(C)C1. The summed E-state index contributed by atoms with van der Waals surface area (Å²) in [5.74, 6) is 1.02. The molecule has 1 aliphatic heterocycles. The first-order valence-corrected chi connectivity index (χ1v) is 8.05. The van der Waals surface area contributed by atoms with Gasteiger partial charge in [0.2, 0.25) is 0 Å². The molecule has 4 nitrogen and oxygen atoms in total. The summed E-state index contributed by atoms with van der Waals surface area (Å²) in [5, 5.41) is 3.52. The van der Waals surface area contributed by atoms with Crippen molar-refractivity contribution in [3.63, 3.8) is 0 Å². The van der Waals surface area contributed by atoms with Gasteiger partial charge in [0.15, 0.2) is 5.96 Å². The number of aryl methyl sites for hydroxylation is 1. The van der Waals surface area contributed by atoms with Crippen molar-refractivity contribution in [2.75, 3.05) is 39.1 Å². The van der Waals surface area contributed by atoms with Gasteiger partial charge < -0.3 is 15.1 Å². The first-order valence-electron chi connectivity index (χ1n) is 8.05. The molecule has 0 radical (unpaired) electrons. The van der Waals surface area contributed by atoms with Crippen molar-refractivity contribution in [3.8, 4) is 0 Å². The highest BCUT2D eigenvalue weighted by Gasteiger charge is 2.30. The molecule has 0 amide bonds. The van der Waals surface area contributed by atoms with Crippen molar-refractivity contribution >= 4 is 11.6 Å². The molecule has 0 saturated carbocycles. The van der Waals surface area contributed by atoms with Gasteiger partial charge in [-0.15, -0.1) is 0 Å². The lowest BCUT2D eigenvalue weighted by molar-refractivity contribution is 0.370. The molecule has 1 heterocycles. The second kappa shape index (κ2) is 6.59. The zero-order valence-electron chi connectivity index (χ0n) is 14.9. The van der Waals surface area contributed by atoms with Gasteiger partial charge in [0.05, 0.1) is 0 Å². The Labute approximate surface area is 135 Å². The van der Waals surface area contributed by atoms with Gasteiger partial charge in [-0.3, -0.25) is 4.99 Å². The maximum atomic E-state index is 4.45. The number of nitrogens with one attached hydrogen (secondary N) is 1. The normalized spacial score (nSPS) is 17.7. The second-order valence-electron chi connectivity index (χ2n) is 7.24. The van der Waals surface area contributed by atoms with Crippen LogP contribution in [-0.4, -0.2) is 45.1 Å². The van der Waals surface area contributed by atoms with Crippen LogP contribution in [0, 0.1) is 12.3 Å². The number of anilines is 1. The van der Waals surface area contributed by atoms with Crippen molar-refractivity contribution in [3.05, 3.63) is 29.3 Å². The van der Waals surface area contributed by atoms with Gasteiger partial charge in [-0.2, -0.15) is 0 Å². The van der Waals surface area contributed by atoms with Crippen molar-refractivity contribution in [2.45, 2.75) is 33.7 Å². The summed E-state index contributed by atoms with van der Waals surface area (Å²) in [6.07, 6.45) is 1.23. The van der Waals surface area contributed by atoms with Crippen LogP contribution in [0.4, 0.5) is 5.69 Å². The van der Waals surface area contributed by atoms with Crippen LogP contribution < -0.4 is 10.2 Å². The van der Waals surface area contributed by atoms with Gasteiger partial charge in [-0.25, -0.2) is 0 Å². The van der Waals surface area contributed by atoms with E-state index in [9.17, 15) is 0 Å². The van der Waals surface area contributed by atoms with E-state index >= 15 is 0 Å². The molecule has 4 heteroatoms. The Morgan fingerprint density at radius 3 is 2.59 bits per heavy atom. The predicted molar refractivity (Wildman–Crippen MR) is 95.7 cm³/mol. The average molecular weight is 302 g/mol. The fourth-order valence-corrected chi connectivity index (χ4v) is 2.96. The highest BCUT2D eigenvalue weighted by Crippen LogP contribution is 2.28. The fraction of sp³-hybridized carbons (Fsp3) is 0.611. The van der Waals surface area contributed by atoms with Crippen molar-refractivity contribution in [1.82, 2.24) is 10.2 Å². The predicted octanol–water partition coefficient (Wildman–Crippen LogP) is 2.87. The van der Waals surface area contributed by atoms with Crippen LogP contribution in [0.1, 0.15) is 31.4 Å². The quantitative estimate of drug-likeness (QED) is 0.688. The maximum Gasteiger partial charge on any atom is 0.193 e. The van der Waals surface area contributed by atoms with Crippen LogP contribution in [0.3, 0.4) is 0 Å². The lowest BCUT2D eigenvalue weighted by Gasteiger charge is -2.24. The van der Waals surface area contributed by atoms with Crippen LogP contribution in [0.15, 0.2) is 23.2 Å². The molecule has 1 aliphatic rings. The third kappa shape index (κ3) is 3.93. The highest BCUT2D eigenvalue weighted by atomic mass is 15.3. The van der Waals surface area contributed by atoms with Crippen LogP contribution in [0.2, 0.25) is 0 Å². The van der Waals surface area contributed by atoms with Gasteiger partial charge in [0, 0.05) is 46.5 Å². The van der Waals surface area contributed by atoms with Crippen molar-refractivity contribution < 1.29 is 0 Å². The Kier molecular flexibility index (Phi) is 4.99. The van der Waals surface area contributed by atoms with E-state index in [1.165, 1.54) is 23.2 Å². The average Bonchev–Trinajstić information content (AvgIpc) is 2.81. The van der Waals surface area contributed by atoms with Crippen LogP contribution in [0.25, 0.3) is 0 Å². The molecule has 0 spiro atoms. The Hall–Kier alpha value is -1.71. The number of likely N-dealkylation sites (tertiary alicyclic amines) is 1. The van der Waals surface area contributed by atoms with Crippen molar-refractivity contribution in [1.29, 1.82) is 0 Å². The van der Waals surface area contributed by atoms with Crippen LogP contribution in [0.5, 0.6) is 0 Å². The second-order valence-corrected chi connectivity index (χ2v) is 7.24. The molecule has 122 valence electrons. The zero-order chi connectivity index (χ0) is 16.3. The molecule has 0 aliphatic carbocycles. The molecule has 1 saturated heterocycles. The zero-order valence-corrected chi connectivity index (χ0v) is 14.9. The topological polar surface area (TPSA) is 30.9 Å². The molecule has 2 rings (SSSR count). The Bertz CT molecular complexity index is 546. The smallest absolute Gasteiger partial charge is 0.193 e. The van der Waals surface area contributed by atoms with Crippen LogP contribution in [-0.2, 0) is 6.54 Å². The van der Waals surface area contributed by atoms with E-state index in [1.807, 2.05) is 7.05 Å². The molecule has 1 aromatic carbocycles. The number of hydrogen-bond acceptors (Lipinski definition) is 2. The maximum absolute atomic E-state index is 4.45. The molecule has 22 heavy (non-hydrogen) atoms. The summed E-state index contributed by atoms with van der Waals surface area (Å²) in [6, 6.07) is 6.61. The molecule has 1 N–H and O–H groups in total. The van der Waals surface area contributed by atoms with E-state index in [4.69, 9.17) is 0 Å². The first kappa shape index (κ1) is 16.7. The molecule has 0 unspecified atom stereocenters. The van der Waals surface area contributed by atoms with Gasteiger partial charge >= 0.3 is 0 Å². The van der Waals surface area contributed by atoms with Gasteiger partial charge in [-0.05, 0) is 42.0 Å². The highest BCUT2D eigenvalue weighted by molar-refractivity contribution is 5.80. The summed E-state index contributed by atoms with van der Waals surface area (Å²) in [7, 11) is 6.02. The molecule has 0 aromatic heterocycles. The minimum absolute atomic E-state index is 0.390. The third-order valence-electron chi connectivity index (χ3n) is 4.47. The lowest BCUT2D eigenvalue weighted by atomic mass is 9.93. The summed E-state index contributed by atoms with van der Waals surface area (Å²) in [5.41, 5.74) is 4.27. The number of nitrogens with zero attached hydrogens (tertiary/aromatic N) is 3. The van der Waals surface area contributed by atoms with Crippen molar-refractivity contribution in [2.24, 2.45) is 10.4 Å². The Balaban J connectivity index is 2.00. The number of hydrogen-bond donors (Lipinski definition) is 1. The molecule has 0 atom stereocenters. The van der Waals surface area contributed by atoms with Gasteiger partial charge in [-0.1, -0.05) is 19.9 Å². The molecule has 0 bridgehead atoms. The van der Waals surface area contributed by atoms with E-state index in [0.717, 1.165) is 25.6 Å².